The van der Waals surface area contributed by atoms with Crippen molar-refractivity contribution in [2.24, 2.45) is 5.73 Å². The van der Waals surface area contributed by atoms with Gasteiger partial charge in [-0.25, -0.2) is 0 Å². The zero-order valence-electron chi connectivity index (χ0n) is 13.6. The van der Waals surface area contributed by atoms with Gasteiger partial charge in [0.15, 0.2) is 0 Å². The van der Waals surface area contributed by atoms with Gasteiger partial charge in [0.25, 0.3) is 0 Å². The molecule has 124 valence electrons. The second-order valence-electron chi connectivity index (χ2n) is 6.25. The lowest BCUT2D eigenvalue weighted by atomic mass is 9.98. The fourth-order valence-electron chi connectivity index (χ4n) is 3.30. The summed E-state index contributed by atoms with van der Waals surface area (Å²) in [4.78, 5) is 14.3. The molecule has 4 N–H and O–H groups in total. The van der Waals surface area contributed by atoms with Crippen LogP contribution >= 0.6 is 0 Å². The highest BCUT2D eigenvalue weighted by Gasteiger charge is 2.16. The molecule has 1 aromatic heterocycles. The van der Waals surface area contributed by atoms with Crippen molar-refractivity contribution in [3.05, 3.63) is 72.4 Å². The predicted molar refractivity (Wildman–Crippen MR) is 101 cm³/mol. The van der Waals surface area contributed by atoms with Gasteiger partial charge in [-0.1, -0.05) is 54.6 Å². The van der Waals surface area contributed by atoms with Crippen LogP contribution in [0.5, 0.6) is 0 Å². The molecule has 4 aromatic rings. The van der Waals surface area contributed by atoms with Crippen LogP contribution in [0.3, 0.4) is 0 Å². The molecule has 4 heteroatoms. The van der Waals surface area contributed by atoms with Crippen LogP contribution in [0.4, 0.5) is 0 Å². The third-order valence-electron chi connectivity index (χ3n) is 4.62. The van der Waals surface area contributed by atoms with E-state index in [0.29, 0.717) is 6.42 Å². The largest absolute Gasteiger partial charge is 0.480 e. The number of carboxylic acid groups (broad SMARTS) is 1. The number of H-pyrrole nitrogens is 1. The molecule has 0 spiro atoms. The van der Waals surface area contributed by atoms with Crippen LogP contribution in [-0.2, 0) is 11.2 Å². The smallest absolute Gasteiger partial charge is 0.320 e. The van der Waals surface area contributed by atoms with Crippen molar-refractivity contribution in [2.75, 3.05) is 0 Å². The van der Waals surface area contributed by atoms with Crippen molar-refractivity contribution in [3.8, 4) is 11.1 Å². The van der Waals surface area contributed by atoms with Crippen molar-refractivity contribution in [1.82, 2.24) is 4.98 Å². The summed E-state index contributed by atoms with van der Waals surface area (Å²) in [6.45, 7) is 0. The Morgan fingerprint density at radius 3 is 2.64 bits per heavy atom. The predicted octanol–water partition coefficient (Wildman–Crippen LogP) is 3.94. The molecule has 1 atom stereocenters. The zero-order valence-corrected chi connectivity index (χ0v) is 13.6. The summed E-state index contributed by atoms with van der Waals surface area (Å²) in [6, 6.07) is 19.8. The van der Waals surface area contributed by atoms with Gasteiger partial charge < -0.3 is 15.8 Å². The van der Waals surface area contributed by atoms with Crippen LogP contribution in [0.25, 0.3) is 32.8 Å². The molecule has 0 aliphatic rings. The average molecular weight is 330 g/mol. The van der Waals surface area contributed by atoms with Gasteiger partial charge in [-0.05, 0) is 28.0 Å². The van der Waals surface area contributed by atoms with E-state index in [4.69, 9.17) is 10.8 Å². The van der Waals surface area contributed by atoms with Crippen molar-refractivity contribution < 1.29 is 9.90 Å². The highest BCUT2D eigenvalue weighted by atomic mass is 16.4. The Bertz CT molecular complexity index is 1080. The number of carbonyl (C=O) groups is 1. The molecule has 0 saturated heterocycles. The maximum absolute atomic E-state index is 11.0. The van der Waals surface area contributed by atoms with Crippen molar-refractivity contribution in [2.45, 2.75) is 12.5 Å². The Balaban J connectivity index is 1.82. The van der Waals surface area contributed by atoms with Crippen LogP contribution in [0, 0.1) is 0 Å². The number of benzene rings is 3. The molecule has 3 aromatic carbocycles. The standard InChI is InChI=1S/C21H18N2O2/c22-19(21(24)25)11-16-12-23-20-17(6-3-7-18(16)20)15-9-8-13-4-1-2-5-14(13)10-15/h1-10,12,19,23H,11,22H2,(H,24,25). The molecule has 4 rings (SSSR count). The Labute approximate surface area is 144 Å². The second kappa shape index (κ2) is 6.07. The third kappa shape index (κ3) is 2.77. The maximum atomic E-state index is 11.0. The quantitative estimate of drug-likeness (QED) is 0.530. The van der Waals surface area contributed by atoms with E-state index in [1.165, 1.54) is 10.8 Å². The van der Waals surface area contributed by atoms with Crippen molar-refractivity contribution >= 4 is 27.6 Å². The minimum Gasteiger partial charge on any atom is -0.480 e. The number of nitrogens with two attached hydrogens (primary N) is 1. The SMILES string of the molecule is NC(Cc1c[nH]c2c(-c3ccc4ccccc4c3)cccc12)C(=O)O. The van der Waals surface area contributed by atoms with Crippen molar-refractivity contribution in [3.63, 3.8) is 0 Å². The van der Waals surface area contributed by atoms with Crippen LogP contribution in [-0.4, -0.2) is 22.1 Å². The number of aromatic nitrogens is 1. The van der Waals surface area contributed by atoms with Gasteiger partial charge in [-0.15, -0.1) is 0 Å². The van der Waals surface area contributed by atoms with Gasteiger partial charge in [0.05, 0.1) is 5.52 Å². The Morgan fingerprint density at radius 1 is 1.04 bits per heavy atom. The lowest BCUT2D eigenvalue weighted by Gasteiger charge is -2.07. The van der Waals surface area contributed by atoms with Gasteiger partial charge in [0.1, 0.15) is 6.04 Å². The molecule has 0 bridgehead atoms. The van der Waals surface area contributed by atoms with Crippen LogP contribution in [0.1, 0.15) is 5.56 Å². The average Bonchev–Trinajstić information content (AvgIpc) is 3.04. The Hall–Kier alpha value is -3.11. The molecule has 25 heavy (non-hydrogen) atoms. The van der Waals surface area contributed by atoms with Gasteiger partial charge in [-0.2, -0.15) is 0 Å². The number of hydrogen-bond donors (Lipinski definition) is 3. The van der Waals surface area contributed by atoms with E-state index in [-0.39, 0.29) is 0 Å². The molecule has 0 aliphatic carbocycles. The number of aromatic amines is 1. The molecule has 0 saturated carbocycles. The number of fused-ring (bicyclic) bond motifs is 2. The van der Waals surface area contributed by atoms with Crippen LogP contribution < -0.4 is 5.73 Å². The molecule has 0 amide bonds. The number of rotatable bonds is 4. The van der Waals surface area contributed by atoms with Gasteiger partial charge in [0, 0.05) is 23.6 Å². The van der Waals surface area contributed by atoms with E-state index in [1.807, 2.05) is 30.5 Å². The van der Waals surface area contributed by atoms with Gasteiger partial charge in [-0.3, -0.25) is 4.79 Å². The number of carboxylic acids is 1. The Kier molecular flexibility index (Phi) is 3.75. The summed E-state index contributed by atoms with van der Waals surface area (Å²) >= 11 is 0. The molecule has 1 heterocycles. The first kappa shape index (κ1) is 15.4. The first-order chi connectivity index (χ1) is 12.1. The number of para-hydroxylation sites is 1. The number of hydrogen-bond acceptors (Lipinski definition) is 2. The minimum atomic E-state index is -0.986. The zero-order chi connectivity index (χ0) is 17.4. The molecule has 0 aliphatic heterocycles. The van der Waals surface area contributed by atoms with Gasteiger partial charge in [0.2, 0.25) is 0 Å². The van der Waals surface area contributed by atoms with E-state index in [2.05, 4.69) is 41.4 Å². The highest BCUT2D eigenvalue weighted by molar-refractivity contribution is 5.98. The lowest BCUT2D eigenvalue weighted by Crippen LogP contribution is -2.32. The maximum Gasteiger partial charge on any atom is 0.320 e. The summed E-state index contributed by atoms with van der Waals surface area (Å²) in [6.07, 6.45) is 2.16. The summed E-state index contributed by atoms with van der Waals surface area (Å²) in [5.41, 5.74) is 9.85. The summed E-state index contributed by atoms with van der Waals surface area (Å²) < 4.78 is 0. The lowest BCUT2D eigenvalue weighted by molar-refractivity contribution is -0.138. The highest BCUT2D eigenvalue weighted by Crippen LogP contribution is 2.32. The fourth-order valence-corrected chi connectivity index (χ4v) is 3.30. The molecular weight excluding hydrogens is 312 g/mol. The Morgan fingerprint density at radius 2 is 1.84 bits per heavy atom. The first-order valence-electron chi connectivity index (χ1n) is 8.20. The van der Waals surface area contributed by atoms with E-state index in [1.54, 1.807) is 0 Å². The monoisotopic (exact) mass is 330 g/mol. The minimum absolute atomic E-state index is 0.302. The summed E-state index contributed by atoms with van der Waals surface area (Å²) in [5.74, 6) is -0.986. The summed E-state index contributed by atoms with van der Waals surface area (Å²) in [7, 11) is 0. The third-order valence-corrected chi connectivity index (χ3v) is 4.62. The number of nitrogens with one attached hydrogen (secondary N) is 1. The normalized spacial score (nSPS) is 12.5. The van der Waals surface area contributed by atoms with E-state index in [0.717, 1.165) is 27.6 Å². The molecule has 1 unspecified atom stereocenters. The molecule has 4 nitrogen and oxygen atoms in total. The second-order valence-corrected chi connectivity index (χ2v) is 6.25. The number of aliphatic carboxylic acids is 1. The molecule has 0 radical (unpaired) electrons. The van der Waals surface area contributed by atoms with Crippen molar-refractivity contribution in [1.29, 1.82) is 0 Å². The first-order valence-corrected chi connectivity index (χ1v) is 8.20. The fraction of sp³-hybridized carbons (Fsp3) is 0.0952. The van der Waals surface area contributed by atoms with E-state index >= 15 is 0 Å². The van der Waals surface area contributed by atoms with E-state index < -0.39 is 12.0 Å². The summed E-state index contributed by atoms with van der Waals surface area (Å²) in [5, 5.41) is 12.5. The van der Waals surface area contributed by atoms with Crippen LogP contribution in [0.15, 0.2) is 66.9 Å². The van der Waals surface area contributed by atoms with Gasteiger partial charge >= 0.3 is 5.97 Å². The topological polar surface area (TPSA) is 79.1 Å². The van der Waals surface area contributed by atoms with Crippen LogP contribution in [0.2, 0.25) is 0 Å². The molecular formula is C21H18N2O2. The van der Waals surface area contributed by atoms with E-state index in [9.17, 15) is 4.79 Å². The molecule has 0 fully saturated rings.